The largest absolute Gasteiger partial charge is 0.320 e. The van der Waals surface area contributed by atoms with Crippen LogP contribution in [0.5, 0.6) is 0 Å². The summed E-state index contributed by atoms with van der Waals surface area (Å²) in [7, 11) is -1.67. The number of halogens is 1. The molecule has 0 spiro atoms. The molecule has 2 aromatic heterocycles. The van der Waals surface area contributed by atoms with Gasteiger partial charge in [-0.15, -0.1) is 11.3 Å². The van der Waals surface area contributed by atoms with Crippen LogP contribution >= 0.6 is 22.9 Å². The van der Waals surface area contributed by atoms with Crippen molar-refractivity contribution in [2.75, 3.05) is 13.6 Å². The highest BCUT2D eigenvalue weighted by atomic mass is 35.5. The van der Waals surface area contributed by atoms with E-state index in [-0.39, 0.29) is 11.4 Å². The molecule has 2 aromatic rings. The minimum Gasteiger partial charge on any atom is -0.320 e. The number of aryl methyl sites for hydroxylation is 1. The average Bonchev–Trinajstić information content (AvgIpc) is 3.06. The predicted molar refractivity (Wildman–Crippen MR) is 84.1 cm³/mol. The first-order chi connectivity index (χ1) is 10.0. The summed E-state index contributed by atoms with van der Waals surface area (Å²) >= 11 is 7.17. The zero-order valence-corrected chi connectivity index (χ0v) is 13.9. The molecule has 0 atom stereocenters. The Morgan fingerprint density at radius 2 is 2.24 bits per heavy atom. The molecule has 0 unspecified atom stereocenters. The van der Waals surface area contributed by atoms with Crippen LogP contribution in [0.25, 0.3) is 0 Å². The van der Waals surface area contributed by atoms with E-state index >= 15 is 0 Å². The van der Waals surface area contributed by atoms with Gasteiger partial charge in [-0.25, -0.2) is 13.1 Å². The van der Waals surface area contributed by atoms with E-state index in [4.69, 9.17) is 11.6 Å². The summed E-state index contributed by atoms with van der Waals surface area (Å²) in [6, 6.07) is 3.55. The van der Waals surface area contributed by atoms with Gasteiger partial charge in [-0.2, -0.15) is 5.10 Å². The molecule has 116 valence electrons. The zero-order chi connectivity index (χ0) is 15.3. The van der Waals surface area contributed by atoms with Crippen molar-refractivity contribution in [1.82, 2.24) is 19.8 Å². The second kappa shape index (κ2) is 7.37. The van der Waals surface area contributed by atoms with E-state index in [0.717, 1.165) is 17.8 Å². The number of hydrogen-bond acceptors (Lipinski definition) is 5. The standard InChI is InChI=1S/C12H17ClN4O2S2/c1-14-5-2-6-17-9-11(8-15-17)21(18,19)16-7-10-3-4-12(13)20-10/h3-4,8-9,14,16H,2,5-7H2,1H3. The van der Waals surface area contributed by atoms with Crippen molar-refractivity contribution >= 4 is 33.0 Å². The molecule has 0 saturated carbocycles. The lowest BCUT2D eigenvalue weighted by atomic mass is 10.4. The van der Waals surface area contributed by atoms with E-state index in [9.17, 15) is 8.42 Å². The number of thiophene rings is 1. The van der Waals surface area contributed by atoms with Crippen LogP contribution in [0.15, 0.2) is 29.4 Å². The first kappa shape index (κ1) is 16.4. The van der Waals surface area contributed by atoms with Gasteiger partial charge in [0, 0.05) is 24.2 Å². The van der Waals surface area contributed by atoms with E-state index in [1.165, 1.54) is 17.5 Å². The maximum atomic E-state index is 12.2. The number of rotatable bonds is 8. The van der Waals surface area contributed by atoms with Crippen molar-refractivity contribution in [1.29, 1.82) is 0 Å². The van der Waals surface area contributed by atoms with Crippen molar-refractivity contribution in [2.45, 2.75) is 24.4 Å². The lowest BCUT2D eigenvalue weighted by molar-refractivity contribution is 0.560. The first-order valence-electron chi connectivity index (χ1n) is 6.42. The maximum absolute atomic E-state index is 12.2. The fourth-order valence-corrected chi connectivity index (χ4v) is 3.80. The number of aromatic nitrogens is 2. The van der Waals surface area contributed by atoms with Gasteiger partial charge in [0.25, 0.3) is 0 Å². The summed E-state index contributed by atoms with van der Waals surface area (Å²) in [6.45, 7) is 1.76. The highest BCUT2D eigenvalue weighted by Crippen LogP contribution is 2.21. The molecule has 0 aliphatic carbocycles. The highest BCUT2D eigenvalue weighted by Gasteiger charge is 2.16. The quantitative estimate of drug-likeness (QED) is 0.712. The number of nitrogens with one attached hydrogen (secondary N) is 2. The lowest BCUT2D eigenvalue weighted by Gasteiger charge is -2.03. The van der Waals surface area contributed by atoms with E-state index in [1.54, 1.807) is 23.0 Å². The molecular formula is C12H17ClN4O2S2. The second-order valence-electron chi connectivity index (χ2n) is 4.43. The van der Waals surface area contributed by atoms with Crippen LogP contribution in [-0.2, 0) is 23.1 Å². The van der Waals surface area contributed by atoms with Crippen LogP contribution in [0, 0.1) is 0 Å². The van der Waals surface area contributed by atoms with Crippen molar-refractivity contribution in [3.8, 4) is 0 Å². The van der Waals surface area contributed by atoms with Gasteiger partial charge in [0.2, 0.25) is 10.0 Å². The zero-order valence-electron chi connectivity index (χ0n) is 11.5. The molecule has 2 rings (SSSR count). The van der Waals surface area contributed by atoms with Crippen LogP contribution < -0.4 is 10.0 Å². The summed E-state index contributed by atoms with van der Waals surface area (Å²) < 4.78 is 29.1. The molecule has 0 aliphatic heterocycles. The fraction of sp³-hybridized carbons (Fsp3) is 0.417. The molecule has 0 radical (unpaired) electrons. The first-order valence-corrected chi connectivity index (χ1v) is 9.10. The Labute approximate surface area is 133 Å². The molecule has 0 aromatic carbocycles. The summed E-state index contributed by atoms with van der Waals surface area (Å²) in [6.07, 6.45) is 3.79. The SMILES string of the molecule is CNCCCn1cc(S(=O)(=O)NCc2ccc(Cl)s2)cn1. The van der Waals surface area contributed by atoms with Crippen molar-refractivity contribution in [2.24, 2.45) is 0 Å². The number of nitrogens with zero attached hydrogens (tertiary/aromatic N) is 2. The van der Waals surface area contributed by atoms with Gasteiger partial charge in [0.05, 0.1) is 10.5 Å². The van der Waals surface area contributed by atoms with E-state index in [0.29, 0.717) is 10.9 Å². The van der Waals surface area contributed by atoms with Crippen LogP contribution in [-0.4, -0.2) is 31.8 Å². The van der Waals surface area contributed by atoms with Crippen molar-refractivity contribution in [3.05, 3.63) is 33.7 Å². The molecule has 6 nitrogen and oxygen atoms in total. The van der Waals surface area contributed by atoms with Gasteiger partial charge in [-0.05, 0) is 32.1 Å². The van der Waals surface area contributed by atoms with E-state index in [2.05, 4.69) is 15.1 Å². The summed E-state index contributed by atoms with van der Waals surface area (Å²) in [5.41, 5.74) is 0. The Hall–Kier alpha value is -0.930. The molecule has 2 N–H and O–H groups in total. The summed E-state index contributed by atoms with van der Waals surface area (Å²) in [5.74, 6) is 0. The Morgan fingerprint density at radius 3 is 2.90 bits per heavy atom. The van der Waals surface area contributed by atoms with Crippen molar-refractivity contribution in [3.63, 3.8) is 0 Å². The van der Waals surface area contributed by atoms with Crippen LogP contribution in [0.4, 0.5) is 0 Å². The monoisotopic (exact) mass is 348 g/mol. The molecule has 0 fully saturated rings. The van der Waals surface area contributed by atoms with Gasteiger partial charge in [0.1, 0.15) is 4.90 Å². The Morgan fingerprint density at radius 1 is 1.43 bits per heavy atom. The fourth-order valence-electron chi connectivity index (χ4n) is 1.72. The van der Waals surface area contributed by atoms with Gasteiger partial charge in [-0.1, -0.05) is 11.6 Å². The predicted octanol–water partition coefficient (Wildman–Crippen LogP) is 1.69. The van der Waals surface area contributed by atoms with Crippen molar-refractivity contribution < 1.29 is 8.42 Å². The minimum atomic E-state index is -3.54. The molecule has 2 heterocycles. The lowest BCUT2D eigenvalue weighted by Crippen LogP contribution is -2.22. The molecule has 9 heteroatoms. The minimum absolute atomic E-state index is 0.176. The molecule has 0 saturated heterocycles. The maximum Gasteiger partial charge on any atom is 0.244 e. The number of sulfonamides is 1. The Bertz CT molecular complexity index is 681. The van der Waals surface area contributed by atoms with Gasteiger partial charge in [0.15, 0.2) is 0 Å². The molecular weight excluding hydrogens is 332 g/mol. The Balaban J connectivity index is 1.95. The molecule has 21 heavy (non-hydrogen) atoms. The van der Waals surface area contributed by atoms with Gasteiger partial charge >= 0.3 is 0 Å². The van der Waals surface area contributed by atoms with E-state index in [1.807, 2.05) is 7.05 Å². The highest BCUT2D eigenvalue weighted by molar-refractivity contribution is 7.89. The topological polar surface area (TPSA) is 76.0 Å². The van der Waals surface area contributed by atoms with E-state index < -0.39 is 10.0 Å². The molecule has 0 bridgehead atoms. The second-order valence-corrected chi connectivity index (χ2v) is 7.99. The normalized spacial score (nSPS) is 11.9. The number of hydrogen-bond donors (Lipinski definition) is 2. The smallest absolute Gasteiger partial charge is 0.244 e. The summed E-state index contributed by atoms with van der Waals surface area (Å²) in [5, 5.41) is 7.10. The van der Waals surface area contributed by atoms with Gasteiger partial charge < -0.3 is 5.32 Å². The average molecular weight is 349 g/mol. The molecule has 0 aliphatic rings. The van der Waals surface area contributed by atoms with Gasteiger partial charge in [-0.3, -0.25) is 4.68 Å². The summed E-state index contributed by atoms with van der Waals surface area (Å²) in [4.78, 5) is 1.04. The van der Waals surface area contributed by atoms with Crippen LogP contribution in [0.1, 0.15) is 11.3 Å². The third-order valence-corrected chi connectivity index (χ3v) is 5.39. The third-order valence-electron chi connectivity index (χ3n) is 2.80. The van der Waals surface area contributed by atoms with Crippen LogP contribution in [0.3, 0.4) is 0 Å². The third kappa shape index (κ3) is 4.79. The molecule has 0 amide bonds. The van der Waals surface area contributed by atoms with Crippen LogP contribution in [0.2, 0.25) is 4.34 Å². The Kier molecular flexibility index (Phi) is 5.77.